The number of hydrogen-bond acceptors (Lipinski definition) is 4. The molecule has 0 atom stereocenters. The second kappa shape index (κ2) is 8.61. The molecule has 0 unspecified atom stereocenters. The van der Waals surface area contributed by atoms with Gasteiger partial charge in [-0.15, -0.1) is 0 Å². The minimum atomic E-state index is 0.0784. The van der Waals surface area contributed by atoms with Gasteiger partial charge in [-0.25, -0.2) is 0 Å². The van der Waals surface area contributed by atoms with Crippen LogP contribution < -0.4 is 14.8 Å². The number of methoxy groups -OCH3 is 2. The Balaban J connectivity index is 2.77. The summed E-state index contributed by atoms with van der Waals surface area (Å²) in [7, 11) is 3.35. The molecule has 0 heterocycles. The number of halogens is 1. The van der Waals surface area contributed by atoms with Gasteiger partial charge in [0.25, 0.3) is 0 Å². The SMILES string of the molecule is COCCCOc1c(Br)cc(CNC(C)(C)C)cc1OC. The van der Waals surface area contributed by atoms with Crippen LogP contribution in [0.3, 0.4) is 0 Å². The third kappa shape index (κ3) is 6.68. The van der Waals surface area contributed by atoms with Crippen LogP contribution in [0.15, 0.2) is 16.6 Å². The van der Waals surface area contributed by atoms with E-state index in [1.54, 1.807) is 14.2 Å². The molecular formula is C16H26BrNO3. The first kappa shape index (κ1) is 18.3. The average molecular weight is 360 g/mol. The fraction of sp³-hybridized carbons (Fsp3) is 0.625. The van der Waals surface area contributed by atoms with Crippen LogP contribution >= 0.6 is 15.9 Å². The molecule has 0 radical (unpaired) electrons. The van der Waals surface area contributed by atoms with Crippen LogP contribution in [0.1, 0.15) is 32.8 Å². The first-order chi connectivity index (χ1) is 9.87. The monoisotopic (exact) mass is 359 g/mol. The molecule has 0 aliphatic carbocycles. The molecule has 0 saturated carbocycles. The normalized spacial score (nSPS) is 11.5. The van der Waals surface area contributed by atoms with Gasteiger partial charge in [-0.05, 0) is 54.4 Å². The average Bonchev–Trinajstić information content (AvgIpc) is 2.41. The second-order valence-corrected chi connectivity index (χ2v) is 6.76. The van der Waals surface area contributed by atoms with E-state index in [0.29, 0.717) is 13.2 Å². The second-order valence-electron chi connectivity index (χ2n) is 5.91. The molecular weight excluding hydrogens is 334 g/mol. The van der Waals surface area contributed by atoms with Crippen molar-refractivity contribution in [3.05, 3.63) is 22.2 Å². The zero-order valence-corrected chi connectivity index (χ0v) is 15.2. The Labute approximate surface area is 136 Å². The Morgan fingerprint density at radius 3 is 2.43 bits per heavy atom. The number of benzene rings is 1. The van der Waals surface area contributed by atoms with Crippen LogP contribution in [-0.4, -0.2) is 33.0 Å². The number of nitrogens with one attached hydrogen (secondary N) is 1. The van der Waals surface area contributed by atoms with Crippen LogP contribution in [0.4, 0.5) is 0 Å². The summed E-state index contributed by atoms with van der Waals surface area (Å²) in [5.74, 6) is 1.49. The predicted octanol–water partition coefficient (Wildman–Crippen LogP) is 3.76. The van der Waals surface area contributed by atoms with Crippen molar-refractivity contribution in [2.24, 2.45) is 0 Å². The molecule has 1 aromatic carbocycles. The molecule has 5 heteroatoms. The zero-order chi connectivity index (χ0) is 15.9. The highest BCUT2D eigenvalue weighted by Crippen LogP contribution is 2.36. The van der Waals surface area contributed by atoms with Gasteiger partial charge < -0.3 is 19.5 Å². The standard InChI is InChI=1S/C16H26BrNO3/c1-16(2,3)18-11-12-9-13(17)15(14(10-12)20-5)21-8-6-7-19-4/h9-10,18H,6-8,11H2,1-5H3. The lowest BCUT2D eigenvalue weighted by molar-refractivity contribution is 0.170. The van der Waals surface area contributed by atoms with Gasteiger partial charge in [0, 0.05) is 32.2 Å². The minimum Gasteiger partial charge on any atom is -0.493 e. The van der Waals surface area contributed by atoms with Crippen LogP contribution in [0.2, 0.25) is 0 Å². The van der Waals surface area contributed by atoms with Crippen LogP contribution in [0, 0.1) is 0 Å². The van der Waals surface area contributed by atoms with E-state index in [-0.39, 0.29) is 5.54 Å². The molecule has 0 aliphatic rings. The predicted molar refractivity (Wildman–Crippen MR) is 89.3 cm³/mol. The summed E-state index contributed by atoms with van der Waals surface area (Å²) in [6.45, 7) is 8.50. The van der Waals surface area contributed by atoms with Gasteiger partial charge in [0.15, 0.2) is 11.5 Å². The molecule has 0 saturated heterocycles. The highest BCUT2D eigenvalue weighted by Gasteiger charge is 2.14. The number of ether oxygens (including phenoxy) is 3. The largest absolute Gasteiger partial charge is 0.493 e. The van der Waals surface area contributed by atoms with Crippen LogP contribution in [0.5, 0.6) is 11.5 Å². The molecule has 21 heavy (non-hydrogen) atoms. The molecule has 0 spiro atoms. The maximum Gasteiger partial charge on any atom is 0.175 e. The molecule has 0 aromatic heterocycles. The quantitative estimate of drug-likeness (QED) is 0.717. The van der Waals surface area contributed by atoms with E-state index in [1.807, 2.05) is 6.07 Å². The topological polar surface area (TPSA) is 39.7 Å². The molecule has 1 rings (SSSR count). The summed E-state index contributed by atoms with van der Waals surface area (Å²) in [5.41, 5.74) is 1.23. The zero-order valence-electron chi connectivity index (χ0n) is 13.6. The van der Waals surface area contributed by atoms with Crippen molar-refractivity contribution >= 4 is 15.9 Å². The first-order valence-electron chi connectivity index (χ1n) is 7.10. The molecule has 0 bridgehead atoms. The molecule has 1 N–H and O–H groups in total. The van der Waals surface area contributed by atoms with Crippen molar-refractivity contribution in [2.45, 2.75) is 39.3 Å². The van der Waals surface area contributed by atoms with E-state index < -0.39 is 0 Å². The van der Waals surface area contributed by atoms with Crippen molar-refractivity contribution in [2.75, 3.05) is 27.4 Å². The molecule has 1 aromatic rings. The lowest BCUT2D eigenvalue weighted by Crippen LogP contribution is -2.35. The van der Waals surface area contributed by atoms with Crippen molar-refractivity contribution in [3.8, 4) is 11.5 Å². The van der Waals surface area contributed by atoms with Gasteiger partial charge in [0.1, 0.15) is 0 Å². The van der Waals surface area contributed by atoms with Crippen molar-refractivity contribution in [1.82, 2.24) is 5.32 Å². The fourth-order valence-corrected chi connectivity index (χ4v) is 2.36. The smallest absolute Gasteiger partial charge is 0.175 e. The van der Waals surface area contributed by atoms with Crippen molar-refractivity contribution in [1.29, 1.82) is 0 Å². The summed E-state index contributed by atoms with van der Waals surface area (Å²) < 4.78 is 17.2. The molecule has 0 aliphatic heterocycles. The number of hydrogen-bond donors (Lipinski definition) is 1. The maximum absolute atomic E-state index is 5.79. The van der Waals surface area contributed by atoms with Gasteiger partial charge in [-0.1, -0.05) is 0 Å². The fourth-order valence-electron chi connectivity index (χ4n) is 1.76. The van der Waals surface area contributed by atoms with E-state index in [1.165, 1.54) is 0 Å². The van der Waals surface area contributed by atoms with E-state index >= 15 is 0 Å². The maximum atomic E-state index is 5.79. The van der Waals surface area contributed by atoms with E-state index in [4.69, 9.17) is 14.2 Å². The third-order valence-electron chi connectivity index (χ3n) is 2.85. The summed E-state index contributed by atoms with van der Waals surface area (Å²) in [6.07, 6.45) is 0.847. The van der Waals surface area contributed by atoms with Crippen molar-refractivity contribution in [3.63, 3.8) is 0 Å². The number of rotatable bonds is 8. The van der Waals surface area contributed by atoms with Gasteiger partial charge >= 0.3 is 0 Å². The first-order valence-corrected chi connectivity index (χ1v) is 7.90. The van der Waals surface area contributed by atoms with Gasteiger partial charge in [0.2, 0.25) is 0 Å². The highest BCUT2D eigenvalue weighted by atomic mass is 79.9. The Bertz CT molecular complexity index is 444. The summed E-state index contributed by atoms with van der Waals surface area (Å²) >= 11 is 3.56. The van der Waals surface area contributed by atoms with Crippen LogP contribution in [0.25, 0.3) is 0 Å². The Kier molecular flexibility index (Phi) is 7.49. The minimum absolute atomic E-state index is 0.0784. The Hall–Kier alpha value is -0.780. The highest BCUT2D eigenvalue weighted by molar-refractivity contribution is 9.10. The van der Waals surface area contributed by atoms with Crippen molar-refractivity contribution < 1.29 is 14.2 Å². The molecule has 0 fully saturated rings. The Morgan fingerprint density at radius 1 is 1.14 bits per heavy atom. The van der Waals surface area contributed by atoms with Gasteiger partial charge in [0.05, 0.1) is 18.2 Å². The van der Waals surface area contributed by atoms with Gasteiger partial charge in [-0.3, -0.25) is 0 Å². The van der Waals surface area contributed by atoms with Gasteiger partial charge in [-0.2, -0.15) is 0 Å². The van der Waals surface area contributed by atoms with Crippen LogP contribution in [-0.2, 0) is 11.3 Å². The lowest BCUT2D eigenvalue weighted by atomic mass is 10.1. The van der Waals surface area contributed by atoms with E-state index in [0.717, 1.165) is 34.5 Å². The lowest BCUT2D eigenvalue weighted by Gasteiger charge is -2.21. The van der Waals surface area contributed by atoms with E-state index in [9.17, 15) is 0 Å². The molecule has 120 valence electrons. The third-order valence-corrected chi connectivity index (χ3v) is 3.44. The summed E-state index contributed by atoms with van der Waals surface area (Å²) in [6, 6.07) is 4.07. The van der Waals surface area contributed by atoms with E-state index in [2.05, 4.69) is 48.1 Å². The molecule has 4 nitrogen and oxygen atoms in total. The summed E-state index contributed by atoms with van der Waals surface area (Å²) in [4.78, 5) is 0. The summed E-state index contributed by atoms with van der Waals surface area (Å²) in [5, 5.41) is 3.46. The Morgan fingerprint density at radius 2 is 1.86 bits per heavy atom. The molecule has 0 amide bonds.